The molecule has 25 heavy (non-hydrogen) atoms. The van der Waals surface area contributed by atoms with Gasteiger partial charge in [-0.25, -0.2) is 4.79 Å². The van der Waals surface area contributed by atoms with E-state index in [0.29, 0.717) is 17.9 Å². The van der Waals surface area contributed by atoms with E-state index >= 15 is 0 Å². The van der Waals surface area contributed by atoms with Crippen LogP contribution in [-0.4, -0.2) is 35.4 Å². The Balaban J connectivity index is 1.90. The van der Waals surface area contributed by atoms with Gasteiger partial charge < -0.3 is 9.64 Å². The van der Waals surface area contributed by atoms with Crippen molar-refractivity contribution in [3.63, 3.8) is 0 Å². The van der Waals surface area contributed by atoms with Gasteiger partial charge in [-0.05, 0) is 31.0 Å². The van der Waals surface area contributed by atoms with Gasteiger partial charge in [0.05, 0.1) is 4.92 Å². The van der Waals surface area contributed by atoms with Gasteiger partial charge in [-0.1, -0.05) is 35.1 Å². The summed E-state index contributed by atoms with van der Waals surface area (Å²) in [5.41, 5.74) is 3.25. The molecule has 0 aliphatic rings. The van der Waals surface area contributed by atoms with Crippen LogP contribution in [0.25, 0.3) is 0 Å². The van der Waals surface area contributed by atoms with E-state index in [1.165, 1.54) is 17.0 Å². The number of benzene rings is 1. The van der Waals surface area contributed by atoms with Gasteiger partial charge in [-0.2, -0.15) is 0 Å². The average molecular weight is 362 g/mol. The normalized spacial score (nSPS) is 10.4. The fourth-order valence-electron chi connectivity index (χ4n) is 2.21. The minimum Gasteiger partial charge on any atom is -0.451 e. The van der Waals surface area contributed by atoms with Crippen LogP contribution >= 0.6 is 11.3 Å². The van der Waals surface area contributed by atoms with Gasteiger partial charge in [-0.15, -0.1) is 0 Å². The molecule has 7 nitrogen and oxygen atoms in total. The van der Waals surface area contributed by atoms with E-state index in [1.54, 1.807) is 7.05 Å². The molecule has 0 radical (unpaired) electrons. The average Bonchev–Trinajstić information content (AvgIpc) is 3.05. The highest BCUT2D eigenvalue weighted by Crippen LogP contribution is 2.24. The number of carbonyl (C=O) groups excluding carboxylic acids is 2. The Morgan fingerprint density at radius 3 is 2.56 bits per heavy atom. The van der Waals surface area contributed by atoms with Gasteiger partial charge >= 0.3 is 11.0 Å². The lowest BCUT2D eigenvalue weighted by atomic mass is 10.1. The molecule has 0 aliphatic heterocycles. The summed E-state index contributed by atoms with van der Waals surface area (Å²) in [5.74, 6) is -1.09. The van der Waals surface area contributed by atoms with Gasteiger partial charge in [-0.3, -0.25) is 14.9 Å². The van der Waals surface area contributed by atoms with Crippen molar-refractivity contribution in [3.8, 4) is 0 Å². The number of aryl methyl sites for hydroxylation is 2. The summed E-state index contributed by atoms with van der Waals surface area (Å²) in [7, 11) is 1.63. The van der Waals surface area contributed by atoms with Crippen molar-refractivity contribution in [1.82, 2.24) is 4.90 Å². The lowest BCUT2D eigenvalue weighted by Crippen LogP contribution is -2.31. The number of nitro groups is 1. The monoisotopic (exact) mass is 362 g/mol. The topological polar surface area (TPSA) is 89.8 Å². The van der Waals surface area contributed by atoms with Crippen molar-refractivity contribution in [3.05, 3.63) is 62.0 Å². The standard InChI is InChI=1S/C17H18N2O5S/c1-11-4-5-13(12(2)8-11)9-18(3)15(20)10-24-17(21)14-6-7-16(25-14)19(22)23/h4-8H,9-10H2,1-3H3. The van der Waals surface area contributed by atoms with Crippen LogP contribution in [0.4, 0.5) is 5.00 Å². The summed E-state index contributed by atoms with van der Waals surface area (Å²) < 4.78 is 4.95. The summed E-state index contributed by atoms with van der Waals surface area (Å²) in [6, 6.07) is 8.53. The van der Waals surface area contributed by atoms with Gasteiger partial charge in [0, 0.05) is 19.7 Å². The SMILES string of the molecule is Cc1ccc(CN(C)C(=O)COC(=O)c2ccc([N+](=O)[O-])s2)c(C)c1. The fourth-order valence-corrected chi connectivity index (χ4v) is 2.93. The molecule has 0 bridgehead atoms. The number of ether oxygens (including phenoxy) is 1. The summed E-state index contributed by atoms with van der Waals surface area (Å²) in [6.07, 6.45) is 0. The Labute approximate surface area is 149 Å². The van der Waals surface area contributed by atoms with E-state index in [9.17, 15) is 19.7 Å². The van der Waals surface area contributed by atoms with Gasteiger partial charge in [0.25, 0.3) is 5.91 Å². The summed E-state index contributed by atoms with van der Waals surface area (Å²) in [6.45, 7) is 3.98. The smallest absolute Gasteiger partial charge is 0.349 e. The lowest BCUT2D eigenvalue weighted by Gasteiger charge is -2.18. The second kappa shape index (κ2) is 7.89. The third-order valence-electron chi connectivity index (χ3n) is 3.63. The van der Waals surface area contributed by atoms with Crippen LogP contribution in [-0.2, 0) is 16.1 Å². The van der Waals surface area contributed by atoms with E-state index in [4.69, 9.17) is 4.74 Å². The quantitative estimate of drug-likeness (QED) is 0.447. The molecule has 1 aromatic carbocycles. The first-order chi connectivity index (χ1) is 11.8. The highest BCUT2D eigenvalue weighted by molar-refractivity contribution is 7.17. The molecule has 0 saturated heterocycles. The van der Waals surface area contributed by atoms with Crippen molar-refractivity contribution < 1.29 is 19.2 Å². The van der Waals surface area contributed by atoms with Crippen LogP contribution in [0, 0.1) is 24.0 Å². The largest absolute Gasteiger partial charge is 0.451 e. The zero-order valence-corrected chi connectivity index (χ0v) is 15.0. The number of hydrogen-bond acceptors (Lipinski definition) is 6. The van der Waals surface area contributed by atoms with Gasteiger partial charge in [0.1, 0.15) is 4.88 Å². The summed E-state index contributed by atoms with van der Waals surface area (Å²) in [5, 5.41) is 10.5. The molecule has 2 aromatic rings. The summed E-state index contributed by atoms with van der Waals surface area (Å²) >= 11 is 0.717. The molecule has 1 aromatic heterocycles. The van der Waals surface area contributed by atoms with Crippen molar-refractivity contribution >= 4 is 28.2 Å². The van der Waals surface area contributed by atoms with Crippen LogP contribution in [0.2, 0.25) is 0 Å². The van der Waals surface area contributed by atoms with E-state index in [0.717, 1.165) is 16.7 Å². The van der Waals surface area contributed by atoms with E-state index < -0.39 is 17.5 Å². The first-order valence-corrected chi connectivity index (χ1v) is 8.31. The van der Waals surface area contributed by atoms with Gasteiger partial charge in [0.2, 0.25) is 0 Å². The molecule has 0 fully saturated rings. The van der Waals surface area contributed by atoms with Crippen molar-refractivity contribution in [2.45, 2.75) is 20.4 Å². The molecule has 1 heterocycles. The van der Waals surface area contributed by atoms with Crippen molar-refractivity contribution in [1.29, 1.82) is 0 Å². The first kappa shape index (κ1) is 18.6. The molecule has 0 atom stereocenters. The van der Waals surface area contributed by atoms with Crippen LogP contribution in [0.5, 0.6) is 0 Å². The maximum atomic E-state index is 12.1. The predicted molar refractivity (Wildman–Crippen MR) is 93.6 cm³/mol. The Kier molecular flexibility index (Phi) is 5.87. The van der Waals surface area contributed by atoms with Gasteiger partial charge in [0.15, 0.2) is 6.61 Å². The molecular formula is C17H18N2O5S. The van der Waals surface area contributed by atoms with Crippen LogP contribution in [0.1, 0.15) is 26.4 Å². The number of thiophene rings is 1. The lowest BCUT2D eigenvalue weighted by molar-refractivity contribution is -0.380. The van der Waals surface area contributed by atoms with Crippen molar-refractivity contribution in [2.24, 2.45) is 0 Å². The fraction of sp³-hybridized carbons (Fsp3) is 0.294. The predicted octanol–water partition coefficient (Wildman–Crippen LogP) is 3.09. The van der Waals surface area contributed by atoms with Crippen LogP contribution in [0.3, 0.4) is 0 Å². The highest BCUT2D eigenvalue weighted by Gasteiger charge is 2.18. The zero-order valence-electron chi connectivity index (χ0n) is 14.1. The number of esters is 1. The molecule has 1 amide bonds. The third kappa shape index (κ3) is 4.87. The first-order valence-electron chi connectivity index (χ1n) is 7.49. The molecular weight excluding hydrogens is 344 g/mol. The maximum absolute atomic E-state index is 12.1. The zero-order chi connectivity index (χ0) is 18.6. The molecule has 0 aliphatic carbocycles. The number of rotatable bonds is 6. The minimum atomic E-state index is -0.744. The van der Waals surface area contributed by atoms with E-state index in [1.807, 2.05) is 32.0 Å². The highest BCUT2D eigenvalue weighted by atomic mass is 32.1. The Bertz CT molecular complexity index is 815. The van der Waals surface area contributed by atoms with E-state index in [2.05, 4.69) is 0 Å². The maximum Gasteiger partial charge on any atom is 0.349 e. The number of likely N-dealkylation sites (N-methyl/N-ethyl adjacent to an activating group) is 1. The Morgan fingerprint density at radius 1 is 1.24 bits per heavy atom. The molecule has 0 unspecified atom stereocenters. The number of nitrogens with zero attached hydrogens (tertiary/aromatic N) is 2. The molecule has 8 heteroatoms. The number of amides is 1. The molecule has 2 rings (SSSR count). The van der Waals surface area contributed by atoms with Crippen LogP contribution in [0.15, 0.2) is 30.3 Å². The Hall–Kier alpha value is -2.74. The number of hydrogen-bond donors (Lipinski definition) is 0. The van der Waals surface area contributed by atoms with Crippen LogP contribution < -0.4 is 0 Å². The molecule has 132 valence electrons. The number of carbonyl (C=O) groups is 2. The molecule has 0 spiro atoms. The summed E-state index contributed by atoms with van der Waals surface area (Å²) in [4.78, 5) is 35.6. The Morgan fingerprint density at radius 2 is 1.96 bits per heavy atom. The second-order valence-electron chi connectivity index (χ2n) is 5.65. The minimum absolute atomic E-state index is 0.0940. The second-order valence-corrected chi connectivity index (χ2v) is 6.71. The molecule has 0 N–H and O–H groups in total. The molecule has 0 saturated carbocycles. The van der Waals surface area contributed by atoms with Crippen molar-refractivity contribution in [2.75, 3.05) is 13.7 Å². The third-order valence-corrected chi connectivity index (χ3v) is 4.65. The van der Waals surface area contributed by atoms with E-state index in [-0.39, 0.29) is 15.8 Å².